The average Bonchev–Trinajstić information content (AvgIpc) is 2.49. The third-order valence-electron chi connectivity index (χ3n) is 2.95. The summed E-state index contributed by atoms with van der Waals surface area (Å²) in [5, 5.41) is 0. The van der Waals surface area contributed by atoms with Crippen molar-refractivity contribution < 1.29 is 14.3 Å². The number of esters is 1. The van der Waals surface area contributed by atoms with Crippen LogP contribution in [-0.2, 0) is 6.42 Å². The van der Waals surface area contributed by atoms with Gasteiger partial charge in [-0.15, -0.1) is 0 Å². The van der Waals surface area contributed by atoms with Crippen molar-refractivity contribution in [3.63, 3.8) is 0 Å². The number of rotatable bonds is 5. The highest BCUT2D eigenvalue weighted by molar-refractivity contribution is 5.93. The molecule has 2 aromatic rings. The number of carbonyl (C=O) groups is 1. The van der Waals surface area contributed by atoms with E-state index in [-0.39, 0.29) is 0 Å². The van der Waals surface area contributed by atoms with E-state index < -0.39 is 5.97 Å². The monoisotopic (exact) mass is 270 g/mol. The van der Waals surface area contributed by atoms with Crippen LogP contribution in [0.25, 0.3) is 0 Å². The molecule has 0 spiro atoms. The van der Waals surface area contributed by atoms with Gasteiger partial charge in [-0.05, 0) is 43.2 Å². The number of carbonyl (C=O) groups excluding carboxylic acids is 1. The minimum absolute atomic E-state index is 0.404. The molecule has 0 amide bonds. The summed E-state index contributed by atoms with van der Waals surface area (Å²) in [5.41, 5.74) is 1.65. The predicted octanol–water partition coefficient (Wildman–Crippen LogP) is 3.87. The Balaban J connectivity index is 2.15. The minimum atomic E-state index is -0.404. The first-order chi connectivity index (χ1) is 9.74. The second kappa shape index (κ2) is 6.75. The summed E-state index contributed by atoms with van der Waals surface area (Å²) >= 11 is 0. The van der Waals surface area contributed by atoms with Gasteiger partial charge in [-0.25, -0.2) is 4.79 Å². The van der Waals surface area contributed by atoms with Crippen LogP contribution >= 0.6 is 0 Å². The van der Waals surface area contributed by atoms with Gasteiger partial charge in [0.2, 0.25) is 0 Å². The molecule has 0 aromatic heterocycles. The summed E-state index contributed by atoms with van der Waals surface area (Å²) < 4.78 is 10.8. The maximum absolute atomic E-state index is 12.2. The van der Waals surface area contributed by atoms with Crippen LogP contribution in [0.4, 0.5) is 0 Å². The molecule has 0 unspecified atom stereocenters. The van der Waals surface area contributed by atoms with Crippen LogP contribution in [0.5, 0.6) is 11.5 Å². The SMILES string of the molecule is CCOc1ccccc1C(=O)Oc1ccc(CC)cc1. The molecule has 0 aliphatic carbocycles. The first-order valence-corrected chi connectivity index (χ1v) is 6.77. The Kier molecular flexibility index (Phi) is 4.77. The number of ether oxygens (including phenoxy) is 2. The van der Waals surface area contributed by atoms with E-state index in [9.17, 15) is 4.79 Å². The van der Waals surface area contributed by atoms with Crippen LogP contribution in [0.15, 0.2) is 48.5 Å². The fourth-order valence-corrected chi connectivity index (χ4v) is 1.87. The molecular weight excluding hydrogens is 252 g/mol. The Hall–Kier alpha value is -2.29. The van der Waals surface area contributed by atoms with Crippen molar-refractivity contribution in [2.45, 2.75) is 20.3 Å². The quantitative estimate of drug-likeness (QED) is 0.611. The van der Waals surface area contributed by atoms with Crippen LogP contribution in [0.2, 0.25) is 0 Å². The lowest BCUT2D eigenvalue weighted by Crippen LogP contribution is -2.10. The van der Waals surface area contributed by atoms with Gasteiger partial charge >= 0.3 is 5.97 Å². The molecule has 0 N–H and O–H groups in total. The largest absolute Gasteiger partial charge is 0.493 e. The molecule has 0 aliphatic rings. The average molecular weight is 270 g/mol. The maximum atomic E-state index is 12.2. The molecule has 3 nitrogen and oxygen atoms in total. The van der Waals surface area contributed by atoms with Gasteiger partial charge in [-0.3, -0.25) is 0 Å². The first-order valence-electron chi connectivity index (χ1n) is 6.77. The molecule has 2 aromatic carbocycles. The Morgan fingerprint density at radius 2 is 1.70 bits per heavy atom. The molecule has 0 heterocycles. The summed E-state index contributed by atoms with van der Waals surface area (Å²) in [6.07, 6.45) is 0.960. The molecule has 0 radical (unpaired) electrons. The van der Waals surface area contributed by atoms with Crippen LogP contribution < -0.4 is 9.47 Å². The molecule has 0 fully saturated rings. The number of benzene rings is 2. The highest BCUT2D eigenvalue weighted by atomic mass is 16.5. The lowest BCUT2D eigenvalue weighted by Gasteiger charge is -2.09. The Morgan fingerprint density at radius 3 is 2.35 bits per heavy atom. The van der Waals surface area contributed by atoms with Gasteiger partial charge in [-0.1, -0.05) is 31.2 Å². The van der Waals surface area contributed by atoms with E-state index in [1.807, 2.05) is 25.1 Å². The van der Waals surface area contributed by atoms with E-state index in [4.69, 9.17) is 9.47 Å². The topological polar surface area (TPSA) is 35.5 Å². The fourth-order valence-electron chi connectivity index (χ4n) is 1.87. The van der Waals surface area contributed by atoms with Gasteiger partial charge in [0.05, 0.1) is 6.61 Å². The van der Waals surface area contributed by atoms with Gasteiger partial charge in [0.1, 0.15) is 17.1 Å². The summed E-state index contributed by atoms with van der Waals surface area (Å²) in [7, 11) is 0. The third kappa shape index (κ3) is 3.38. The fraction of sp³-hybridized carbons (Fsp3) is 0.235. The standard InChI is InChI=1S/C17H18O3/c1-3-13-9-11-14(12-10-13)20-17(18)15-7-5-6-8-16(15)19-4-2/h5-12H,3-4H2,1-2H3. The normalized spacial score (nSPS) is 10.1. The first kappa shape index (κ1) is 14.1. The highest BCUT2D eigenvalue weighted by Gasteiger charge is 2.14. The summed E-state index contributed by atoms with van der Waals surface area (Å²) in [5.74, 6) is 0.682. The van der Waals surface area contributed by atoms with E-state index in [2.05, 4.69) is 6.92 Å². The minimum Gasteiger partial charge on any atom is -0.493 e. The Morgan fingerprint density at radius 1 is 1.00 bits per heavy atom. The molecule has 0 bridgehead atoms. The van der Waals surface area contributed by atoms with E-state index in [1.165, 1.54) is 5.56 Å². The second-order valence-corrected chi connectivity index (χ2v) is 4.32. The molecule has 2 rings (SSSR count). The van der Waals surface area contributed by atoms with Crippen LogP contribution in [0.1, 0.15) is 29.8 Å². The Labute approximate surface area is 119 Å². The summed E-state index contributed by atoms with van der Waals surface area (Å²) in [6.45, 7) is 4.47. The van der Waals surface area contributed by atoms with E-state index in [1.54, 1.807) is 30.3 Å². The summed E-state index contributed by atoms with van der Waals surface area (Å²) in [6, 6.07) is 14.6. The van der Waals surface area contributed by atoms with E-state index in [0.29, 0.717) is 23.7 Å². The molecule has 0 saturated heterocycles. The second-order valence-electron chi connectivity index (χ2n) is 4.32. The zero-order valence-electron chi connectivity index (χ0n) is 11.8. The van der Waals surface area contributed by atoms with Gasteiger partial charge in [-0.2, -0.15) is 0 Å². The van der Waals surface area contributed by atoms with Gasteiger partial charge in [0, 0.05) is 0 Å². The van der Waals surface area contributed by atoms with Gasteiger partial charge in [0.15, 0.2) is 0 Å². The number of hydrogen-bond donors (Lipinski definition) is 0. The molecule has 0 atom stereocenters. The van der Waals surface area contributed by atoms with Crippen LogP contribution in [0.3, 0.4) is 0 Å². The predicted molar refractivity (Wildman–Crippen MR) is 78.4 cm³/mol. The third-order valence-corrected chi connectivity index (χ3v) is 2.95. The van der Waals surface area contributed by atoms with Gasteiger partial charge in [0.25, 0.3) is 0 Å². The van der Waals surface area contributed by atoms with Crippen molar-refractivity contribution in [2.24, 2.45) is 0 Å². The molecule has 104 valence electrons. The maximum Gasteiger partial charge on any atom is 0.347 e. The van der Waals surface area contributed by atoms with Crippen LogP contribution in [0, 0.1) is 0 Å². The molecule has 20 heavy (non-hydrogen) atoms. The van der Waals surface area contributed by atoms with Crippen molar-refractivity contribution in [1.29, 1.82) is 0 Å². The highest BCUT2D eigenvalue weighted by Crippen LogP contribution is 2.21. The number of para-hydroxylation sites is 1. The number of hydrogen-bond acceptors (Lipinski definition) is 3. The zero-order chi connectivity index (χ0) is 14.4. The van der Waals surface area contributed by atoms with Crippen molar-refractivity contribution in [2.75, 3.05) is 6.61 Å². The van der Waals surface area contributed by atoms with E-state index >= 15 is 0 Å². The van der Waals surface area contributed by atoms with Crippen LogP contribution in [-0.4, -0.2) is 12.6 Å². The molecule has 0 aliphatic heterocycles. The lowest BCUT2D eigenvalue weighted by atomic mass is 10.1. The number of aryl methyl sites for hydroxylation is 1. The molecule has 3 heteroatoms. The lowest BCUT2D eigenvalue weighted by molar-refractivity contribution is 0.0730. The van der Waals surface area contributed by atoms with Gasteiger partial charge < -0.3 is 9.47 Å². The van der Waals surface area contributed by atoms with Crippen molar-refractivity contribution in [3.8, 4) is 11.5 Å². The van der Waals surface area contributed by atoms with Crippen molar-refractivity contribution >= 4 is 5.97 Å². The van der Waals surface area contributed by atoms with E-state index in [0.717, 1.165) is 6.42 Å². The van der Waals surface area contributed by atoms with Crippen molar-refractivity contribution in [1.82, 2.24) is 0 Å². The molecule has 0 saturated carbocycles. The smallest absolute Gasteiger partial charge is 0.347 e. The zero-order valence-corrected chi connectivity index (χ0v) is 11.8. The molecular formula is C17H18O3. The summed E-state index contributed by atoms with van der Waals surface area (Å²) in [4.78, 5) is 12.2. The Bertz CT molecular complexity index is 573. The van der Waals surface area contributed by atoms with Crippen molar-refractivity contribution in [3.05, 3.63) is 59.7 Å².